The summed E-state index contributed by atoms with van der Waals surface area (Å²) >= 11 is 5.89. The first kappa shape index (κ1) is 18.0. The van der Waals surface area contributed by atoms with Crippen LogP contribution in [0.15, 0.2) is 57.7 Å². The molecule has 0 radical (unpaired) electrons. The van der Waals surface area contributed by atoms with Gasteiger partial charge in [-0.15, -0.1) is 0 Å². The summed E-state index contributed by atoms with van der Waals surface area (Å²) in [6.07, 6.45) is -0.771. The molecule has 0 bridgehead atoms. The molecule has 3 rings (SSSR count). The average molecular weight is 373 g/mol. The van der Waals surface area contributed by atoms with Gasteiger partial charge in [0.2, 0.25) is 0 Å². The van der Waals surface area contributed by atoms with Crippen LogP contribution in [0.5, 0.6) is 5.75 Å². The Morgan fingerprint density at radius 1 is 1.15 bits per heavy atom. The standard InChI is InChI=1S/C20H17ClO5/c1-3-24-20(23)12(2)25-15-8-9-18-16(10-15)17(22)11-19(26-18)13-4-6-14(21)7-5-13/h4-12H,3H2,1-2H3. The normalized spacial score (nSPS) is 12.0. The van der Waals surface area contributed by atoms with Gasteiger partial charge in [0, 0.05) is 16.7 Å². The van der Waals surface area contributed by atoms with Gasteiger partial charge in [0.25, 0.3) is 0 Å². The van der Waals surface area contributed by atoms with Crippen molar-refractivity contribution in [1.82, 2.24) is 0 Å². The zero-order valence-corrected chi connectivity index (χ0v) is 15.1. The van der Waals surface area contributed by atoms with Crippen LogP contribution >= 0.6 is 11.6 Å². The van der Waals surface area contributed by atoms with Crippen LogP contribution in [0.2, 0.25) is 5.02 Å². The van der Waals surface area contributed by atoms with Crippen LogP contribution in [0.3, 0.4) is 0 Å². The van der Waals surface area contributed by atoms with E-state index in [1.54, 1.807) is 56.3 Å². The minimum absolute atomic E-state index is 0.203. The van der Waals surface area contributed by atoms with Crippen molar-refractivity contribution in [3.8, 4) is 17.1 Å². The second-order valence-electron chi connectivity index (χ2n) is 5.65. The molecule has 1 aromatic heterocycles. The number of rotatable bonds is 5. The second-order valence-corrected chi connectivity index (χ2v) is 6.09. The van der Waals surface area contributed by atoms with Crippen LogP contribution in [0, 0.1) is 0 Å². The predicted octanol–water partition coefficient (Wildman–Crippen LogP) is 4.44. The predicted molar refractivity (Wildman–Crippen MR) is 99.7 cm³/mol. The van der Waals surface area contributed by atoms with Gasteiger partial charge in [-0.05, 0) is 56.3 Å². The number of benzene rings is 2. The van der Waals surface area contributed by atoms with Crippen molar-refractivity contribution < 1.29 is 18.7 Å². The molecule has 134 valence electrons. The topological polar surface area (TPSA) is 65.7 Å². The molecule has 2 aromatic carbocycles. The van der Waals surface area contributed by atoms with Crippen LogP contribution in [-0.2, 0) is 9.53 Å². The fraction of sp³-hybridized carbons (Fsp3) is 0.200. The lowest BCUT2D eigenvalue weighted by molar-refractivity contribution is -0.150. The lowest BCUT2D eigenvalue weighted by atomic mass is 10.1. The molecule has 0 amide bonds. The molecule has 26 heavy (non-hydrogen) atoms. The smallest absolute Gasteiger partial charge is 0.347 e. The van der Waals surface area contributed by atoms with E-state index >= 15 is 0 Å². The van der Waals surface area contributed by atoms with Crippen LogP contribution in [-0.4, -0.2) is 18.7 Å². The highest BCUT2D eigenvalue weighted by Crippen LogP contribution is 2.26. The molecule has 0 aliphatic rings. The SMILES string of the molecule is CCOC(=O)C(C)Oc1ccc2oc(-c3ccc(Cl)cc3)cc(=O)c2c1. The van der Waals surface area contributed by atoms with Gasteiger partial charge in [0.15, 0.2) is 11.5 Å². The van der Waals surface area contributed by atoms with Crippen molar-refractivity contribution in [2.45, 2.75) is 20.0 Å². The highest BCUT2D eigenvalue weighted by molar-refractivity contribution is 6.30. The summed E-state index contributed by atoms with van der Waals surface area (Å²) in [5.74, 6) is 0.384. The van der Waals surface area contributed by atoms with Crippen LogP contribution in [0.1, 0.15) is 13.8 Å². The van der Waals surface area contributed by atoms with Gasteiger partial charge >= 0.3 is 5.97 Å². The minimum atomic E-state index is -0.771. The first-order chi connectivity index (χ1) is 12.5. The van der Waals surface area contributed by atoms with E-state index in [0.29, 0.717) is 27.5 Å². The lowest BCUT2D eigenvalue weighted by Gasteiger charge is -2.13. The Labute approximate surface area is 155 Å². The van der Waals surface area contributed by atoms with E-state index < -0.39 is 12.1 Å². The molecule has 6 heteroatoms. The van der Waals surface area contributed by atoms with Gasteiger partial charge in [-0.2, -0.15) is 0 Å². The molecule has 3 aromatic rings. The third-order valence-electron chi connectivity index (χ3n) is 3.76. The third-order valence-corrected chi connectivity index (χ3v) is 4.01. The largest absolute Gasteiger partial charge is 0.479 e. The fourth-order valence-electron chi connectivity index (χ4n) is 2.48. The summed E-state index contributed by atoms with van der Waals surface area (Å²) in [4.78, 5) is 24.1. The summed E-state index contributed by atoms with van der Waals surface area (Å²) in [5.41, 5.74) is 0.980. The van der Waals surface area contributed by atoms with Gasteiger partial charge in [0.05, 0.1) is 12.0 Å². The molecule has 0 saturated carbocycles. The summed E-state index contributed by atoms with van der Waals surface area (Å²) in [6, 6.07) is 13.3. The van der Waals surface area contributed by atoms with Gasteiger partial charge in [0.1, 0.15) is 17.1 Å². The number of fused-ring (bicyclic) bond motifs is 1. The lowest BCUT2D eigenvalue weighted by Crippen LogP contribution is -2.26. The number of carbonyl (C=O) groups excluding carboxylic acids is 1. The Morgan fingerprint density at radius 3 is 2.58 bits per heavy atom. The minimum Gasteiger partial charge on any atom is -0.479 e. The molecular weight excluding hydrogens is 356 g/mol. The van der Waals surface area contributed by atoms with E-state index in [1.807, 2.05) is 0 Å². The van der Waals surface area contributed by atoms with Crippen molar-refractivity contribution in [1.29, 1.82) is 0 Å². The first-order valence-corrected chi connectivity index (χ1v) is 8.53. The van der Waals surface area contributed by atoms with Crippen LogP contribution in [0.4, 0.5) is 0 Å². The molecule has 0 spiro atoms. The molecule has 0 fully saturated rings. The van der Waals surface area contributed by atoms with E-state index in [0.717, 1.165) is 5.56 Å². The summed E-state index contributed by atoms with van der Waals surface area (Å²) in [7, 11) is 0. The highest BCUT2D eigenvalue weighted by atomic mass is 35.5. The van der Waals surface area contributed by atoms with Crippen molar-refractivity contribution in [3.05, 3.63) is 63.8 Å². The quantitative estimate of drug-likeness (QED) is 0.619. The Bertz CT molecular complexity index is 991. The Morgan fingerprint density at radius 2 is 1.88 bits per heavy atom. The maximum Gasteiger partial charge on any atom is 0.347 e. The molecule has 0 aliphatic carbocycles. The number of hydrogen-bond acceptors (Lipinski definition) is 5. The zero-order chi connectivity index (χ0) is 18.7. The molecule has 1 heterocycles. The monoisotopic (exact) mass is 372 g/mol. The van der Waals surface area contributed by atoms with Gasteiger partial charge < -0.3 is 13.9 Å². The van der Waals surface area contributed by atoms with E-state index in [2.05, 4.69) is 0 Å². The van der Waals surface area contributed by atoms with Crippen LogP contribution in [0.25, 0.3) is 22.3 Å². The molecule has 0 aliphatic heterocycles. The molecule has 0 saturated heterocycles. The number of halogens is 1. The van der Waals surface area contributed by atoms with E-state index in [9.17, 15) is 9.59 Å². The van der Waals surface area contributed by atoms with Crippen molar-refractivity contribution in [2.24, 2.45) is 0 Å². The molecule has 5 nitrogen and oxygen atoms in total. The van der Waals surface area contributed by atoms with Gasteiger partial charge in [-0.3, -0.25) is 4.79 Å². The summed E-state index contributed by atoms with van der Waals surface area (Å²) < 4.78 is 16.3. The number of hydrogen-bond donors (Lipinski definition) is 0. The third kappa shape index (κ3) is 3.89. The Kier molecular flexibility index (Phi) is 5.28. The van der Waals surface area contributed by atoms with E-state index in [-0.39, 0.29) is 12.0 Å². The highest BCUT2D eigenvalue weighted by Gasteiger charge is 2.16. The number of ether oxygens (including phenoxy) is 2. The van der Waals surface area contributed by atoms with Crippen LogP contribution < -0.4 is 10.2 Å². The zero-order valence-electron chi connectivity index (χ0n) is 14.3. The van der Waals surface area contributed by atoms with E-state index in [4.69, 9.17) is 25.5 Å². The maximum absolute atomic E-state index is 12.5. The Balaban J connectivity index is 1.92. The Hall–Kier alpha value is -2.79. The summed E-state index contributed by atoms with van der Waals surface area (Å²) in [5, 5.41) is 0.977. The summed E-state index contributed by atoms with van der Waals surface area (Å²) in [6.45, 7) is 3.60. The first-order valence-electron chi connectivity index (χ1n) is 8.15. The number of carbonyl (C=O) groups is 1. The molecule has 0 N–H and O–H groups in total. The van der Waals surface area contributed by atoms with E-state index in [1.165, 1.54) is 6.07 Å². The van der Waals surface area contributed by atoms with Gasteiger partial charge in [-0.1, -0.05) is 11.6 Å². The maximum atomic E-state index is 12.5. The van der Waals surface area contributed by atoms with Crippen molar-refractivity contribution >= 4 is 28.5 Å². The molecule has 1 atom stereocenters. The molecule has 1 unspecified atom stereocenters. The van der Waals surface area contributed by atoms with Crippen molar-refractivity contribution in [3.63, 3.8) is 0 Å². The number of esters is 1. The molecular formula is C20H17ClO5. The fourth-order valence-corrected chi connectivity index (χ4v) is 2.60. The van der Waals surface area contributed by atoms with Crippen molar-refractivity contribution in [2.75, 3.05) is 6.61 Å². The average Bonchev–Trinajstić information content (AvgIpc) is 2.63. The van der Waals surface area contributed by atoms with Gasteiger partial charge in [-0.25, -0.2) is 4.79 Å². The second kappa shape index (κ2) is 7.62.